The number of hydrogen-bond donors (Lipinski definition) is 0. The highest BCUT2D eigenvalue weighted by atomic mass is 16.1. The van der Waals surface area contributed by atoms with Crippen LogP contribution in [0.4, 0.5) is 0 Å². The number of carbonyl (C=O) groups is 1. The molecule has 80 valence electrons. The van der Waals surface area contributed by atoms with E-state index >= 15 is 0 Å². The van der Waals surface area contributed by atoms with Gasteiger partial charge >= 0.3 is 0 Å². The van der Waals surface area contributed by atoms with Crippen LogP contribution in [-0.2, 0) is 0 Å². The van der Waals surface area contributed by atoms with Crippen LogP contribution >= 0.6 is 0 Å². The van der Waals surface area contributed by atoms with Gasteiger partial charge in [-0.05, 0) is 22.3 Å². The minimum atomic E-state index is 0.126. The van der Waals surface area contributed by atoms with Crippen molar-refractivity contribution in [2.75, 3.05) is 0 Å². The van der Waals surface area contributed by atoms with Gasteiger partial charge in [-0.25, -0.2) is 0 Å². The summed E-state index contributed by atoms with van der Waals surface area (Å²) in [5.74, 6) is 0.784. The first-order chi connectivity index (χ1) is 7.70. The quantitative estimate of drug-likeness (QED) is 0.646. The van der Waals surface area contributed by atoms with Crippen molar-refractivity contribution in [3.8, 4) is 0 Å². The molecule has 0 radical (unpaired) electrons. The number of hydrogen-bond acceptors (Lipinski definition) is 1. The number of benzene rings is 2. The molecule has 0 saturated heterocycles. The molecule has 1 aliphatic rings. The van der Waals surface area contributed by atoms with E-state index in [1.807, 2.05) is 19.1 Å². The summed E-state index contributed by atoms with van der Waals surface area (Å²) in [6.45, 7) is 4.17. The molecule has 16 heavy (non-hydrogen) atoms. The van der Waals surface area contributed by atoms with Crippen LogP contribution in [0, 0.1) is 5.92 Å². The van der Waals surface area contributed by atoms with Crippen LogP contribution in [0.2, 0.25) is 0 Å². The van der Waals surface area contributed by atoms with E-state index in [2.05, 4.69) is 31.2 Å². The molecule has 0 spiro atoms. The van der Waals surface area contributed by atoms with Crippen molar-refractivity contribution in [2.24, 2.45) is 5.92 Å². The van der Waals surface area contributed by atoms with E-state index < -0.39 is 0 Å². The summed E-state index contributed by atoms with van der Waals surface area (Å²) in [6.07, 6.45) is 0. The van der Waals surface area contributed by atoms with Crippen molar-refractivity contribution in [1.82, 2.24) is 0 Å². The number of rotatable bonds is 0. The molecule has 2 aromatic carbocycles. The van der Waals surface area contributed by atoms with Crippen molar-refractivity contribution < 1.29 is 4.79 Å². The fraction of sp³-hybridized carbons (Fsp3) is 0.267. The largest absolute Gasteiger partial charge is 0.294 e. The Hall–Kier alpha value is -1.63. The maximum absolute atomic E-state index is 12.2. The van der Waals surface area contributed by atoms with E-state index in [0.717, 1.165) is 16.3 Å². The summed E-state index contributed by atoms with van der Waals surface area (Å²) in [6, 6.07) is 12.4. The Morgan fingerprint density at radius 3 is 2.50 bits per heavy atom. The van der Waals surface area contributed by atoms with E-state index in [-0.39, 0.29) is 5.92 Å². The van der Waals surface area contributed by atoms with E-state index in [1.54, 1.807) is 0 Å². The zero-order chi connectivity index (χ0) is 11.3. The van der Waals surface area contributed by atoms with Crippen LogP contribution in [0.1, 0.15) is 35.7 Å². The number of Topliss-reactive ketones (excluding diaryl/α,β-unsaturated/α-hetero) is 1. The zero-order valence-electron chi connectivity index (χ0n) is 9.53. The average molecular weight is 210 g/mol. The number of carbonyl (C=O) groups excluding carboxylic acids is 1. The normalized spacial score (nSPS) is 23.8. The molecule has 2 atom stereocenters. The Labute approximate surface area is 95.1 Å². The van der Waals surface area contributed by atoms with Crippen LogP contribution < -0.4 is 0 Å². The van der Waals surface area contributed by atoms with Crippen LogP contribution in [0.5, 0.6) is 0 Å². The minimum Gasteiger partial charge on any atom is -0.294 e. The third-order valence-corrected chi connectivity index (χ3v) is 3.86. The third-order valence-electron chi connectivity index (χ3n) is 3.86. The molecule has 1 heteroatoms. The maximum Gasteiger partial charge on any atom is 0.167 e. The van der Waals surface area contributed by atoms with E-state index in [9.17, 15) is 4.79 Å². The van der Waals surface area contributed by atoms with Crippen molar-refractivity contribution >= 4 is 16.6 Å². The van der Waals surface area contributed by atoms with E-state index in [1.165, 1.54) is 5.56 Å². The predicted molar refractivity (Wildman–Crippen MR) is 65.9 cm³/mol. The van der Waals surface area contributed by atoms with Crippen LogP contribution in [0.15, 0.2) is 36.4 Å². The molecule has 2 aromatic rings. The second-order valence-electron chi connectivity index (χ2n) is 4.69. The lowest BCUT2D eigenvalue weighted by Gasteiger charge is -2.07. The second kappa shape index (κ2) is 3.18. The second-order valence-corrected chi connectivity index (χ2v) is 4.69. The maximum atomic E-state index is 12.2. The van der Waals surface area contributed by atoms with Gasteiger partial charge in [0.05, 0.1) is 0 Å². The van der Waals surface area contributed by atoms with Gasteiger partial charge in [0.15, 0.2) is 5.78 Å². The first kappa shape index (κ1) is 9.59. The Kier molecular flexibility index (Phi) is 1.90. The van der Waals surface area contributed by atoms with E-state index in [0.29, 0.717) is 11.7 Å². The summed E-state index contributed by atoms with van der Waals surface area (Å²) in [4.78, 5) is 12.2. The third kappa shape index (κ3) is 1.09. The number of fused-ring (bicyclic) bond motifs is 3. The topological polar surface area (TPSA) is 17.1 Å². The SMILES string of the molecule is C[C@@H]1C(=O)c2c(ccc3ccccc23)[C@H]1C. The van der Waals surface area contributed by atoms with Gasteiger partial charge in [-0.2, -0.15) is 0 Å². The van der Waals surface area contributed by atoms with E-state index in [4.69, 9.17) is 0 Å². The standard InChI is InChI=1S/C15H14O/c1-9-10(2)15(16)14-12(9)8-7-11-5-3-4-6-13(11)14/h3-10H,1-2H3/t9-,10-/m0/s1. The molecule has 0 fully saturated rings. The van der Waals surface area contributed by atoms with Crippen molar-refractivity contribution in [3.05, 3.63) is 47.5 Å². The summed E-state index contributed by atoms with van der Waals surface area (Å²) >= 11 is 0. The summed E-state index contributed by atoms with van der Waals surface area (Å²) < 4.78 is 0. The Morgan fingerprint density at radius 1 is 0.938 bits per heavy atom. The Bertz CT molecular complexity index is 583. The molecular formula is C15H14O. The molecule has 1 nitrogen and oxygen atoms in total. The molecule has 3 rings (SSSR count). The van der Waals surface area contributed by atoms with Gasteiger partial charge in [-0.3, -0.25) is 4.79 Å². The van der Waals surface area contributed by atoms with Gasteiger partial charge in [-0.15, -0.1) is 0 Å². The van der Waals surface area contributed by atoms with Gasteiger partial charge in [0, 0.05) is 11.5 Å². The molecule has 0 bridgehead atoms. The monoisotopic (exact) mass is 210 g/mol. The molecule has 0 N–H and O–H groups in total. The molecule has 0 heterocycles. The first-order valence-corrected chi connectivity index (χ1v) is 5.76. The van der Waals surface area contributed by atoms with Gasteiger partial charge in [0.1, 0.15) is 0 Å². The van der Waals surface area contributed by atoms with Crippen molar-refractivity contribution in [3.63, 3.8) is 0 Å². The van der Waals surface area contributed by atoms with Gasteiger partial charge in [0.25, 0.3) is 0 Å². The smallest absolute Gasteiger partial charge is 0.167 e. The van der Waals surface area contributed by atoms with Crippen LogP contribution in [0.3, 0.4) is 0 Å². The van der Waals surface area contributed by atoms with Gasteiger partial charge in [-0.1, -0.05) is 50.2 Å². The lowest BCUT2D eigenvalue weighted by atomic mass is 9.96. The fourth-order valence-electron chi connectivity index (χ4n) is 2.67. The lowest BCUT2D eigenvalue weighted by molar-refractivity contribution is 0.0938. The molecular weight excluding hydrogens is 196 g/mol. The van der Waals surface area contributed by atoms with Gasteiger partial charge < -0.3 is 0 Å². The predicted octanol–water partition coefficient (Wildman–Crippen LogP) is 3.78. The summed E-state index contributed by atoms with van der Waals surface area (Å²) in [5, 5.41) is 2.28. The molecule has 0 unspecified atom stereocenters. The lowest BCUT2D eigenvalue weighted by Crippen LogP contribution is -2.06. The summed E-state index contributed by atoms with van der Waals surface area (Å²) in [7, 11) is 0. The Balaban J connectivity index is 2.41. The summed E-state index contributed by atoms with van der Waals surface area (Å²) in [5.41, 5.74) is 2.18. The Morgan fingerprint density at radius 2 is 1.69 bits per heavy atom. The zero-order valence-corrected chi connectivity index (χ0v) is 9.53. The molecule has 0 saturated carbocycles. The van der Waals surface area contributed by atoms with Crippen molar-refractivity contribution in [2.45, 2.75) is 19.8 Å². The van der Waals surface area contributed by atoms with Crippen molar-refractivity contribution in [1.29, 1.82) is 0 Å². The highest BCUT2D eigenvalue weighted by Gasteiger charge is 2.34. The van der Waals surface area contributed by atoms with Crippen LogP contribution in [0.25, 0.3) is 10.8 Å². The highest BCUT2D eigenvalue weighted by Crippen LogP contribution is 2.40. The van der Waals surface area contributed by atoms with Crippen LogP contribution in [-0.4, -0.2) is 5.78 Å². The molecule has 0 aliphatic heterocycles. The molecule has 0 amide bonds. The highest BCUT2D eigenvalue weighted by molar-refractivity contribution is 6.13. The fourth-order valence-corrected chi connectivity index (χ4v) is 2.67. The van der Waals surface area contributed by atoms with Gasteiger partial charge in [0.2, 0.25) is 0 Å². The minimum absolute atomic E-state index is 0.126. The molecule has 0 aromatic heterocycles. The first-order valence-electron chi connectivity index (χ1n) is 5.76. The molecule has 1 aliphatic carbocycles. The average Bonchev–Trinajstić information content (AvgIpc) is 2.55. The number of ketones is 1.